The number of ether oxygens (including phenoxy) is 2. The molecule has 166 valence electrons. The molecule has 3 aromatic rings. The van der Waals surface area contributed by atoms with Crippen LogP contribution in [0.25, 0.3) is 5.57 Å². The lowest BCUT2D eigenvalue weighted by Gasteiger charge is -2.17. The molecule has 0 spiro atoms. The van der Waals surface area contributed by atoms with Crippen molar-refractivity contribution in [3.05, 3.63) is 88.1 Å². The third-order valence-electron chi connectivity index (χ3n) is 6.27. The van der Waals surface area contributed by atoms with Crippen LogP contribution in [0, 0.1) is 27.7 Å². The van der Waals surface area contributed by atoms with Gasteiger partial charge in [0.25, 0.3) is 11.8 Å². The number of hydrogen-bond acceptors (Lipinski definition) is 5. The Balaban J connectivity index is 1.62. The Labute approximate surface area is 192 Å². The van der Waals surface area contributed by atoms with Gasteiger partial charge in [-0.05, 0) is 79.8 Å². The number of aryl methyl sites for hydroxylation is 4. The van der Waals surface area contributed by atoms with Crippen LogP contribution in [0.1, 0.15) is 27.8 Å². The molecule has 2 amide bonds. The minimum atomic E-state index is -0.394. The summed E-state index contributed by atoms with van der Waals surface area (Å²) in [5.74, 6) is 0.495. The van der Waals surface area contributed by atoms with E-state index >= 15 is 0 Å². The van der Waals surface area contributed by atoms with Gasteiger partial charge in [0.15, 0.2) is 11.5 Å². The van der Waals surface area contributed by atoms with Gasteiger partial charge in [-0.15, -0.1) is 0 Å². The van der Waals surface area contributed by atoms with Gasteiger partial charge in [-0.2, -0.15) is 0 Å². The highest BCUT2D eigenvalue weighted by Gasteiger charge is 2.40. The molecular weight excluding hydrogens is 416 g/mol. The van der Waals surface area contributed by atoms with Crippen LogP contribution in [0.3, 0.4) is 0 Å². The second-order valence-corrected chi connectivity index (χ2v) is 8.46. The van der Waals surface area contributed by atoms with Crippen molar-refractivity contribution in [3.8, 4) is 11.5 Å². The Morgan fingerprint density at radius 3 is 2.15 bits per heavy atom. The fourth-order valence-corrected chi connectivity index (χ4v) is 4.03. The van der Waals surface area contributed by atoms with E-state index in [1.807, 2.05) is 58.0 Å². The van der Waals surface area contributed by atoms with Gasteiger partial charge >= 0.3 is 0 Å². The van der Waals surface area contributed by atoms with E-state index in [-0.39, 0.29) is 18.4 Å². The number of benzene rings is 3. The van der Waals surface area contributed by atoms with Crippen LogP contribution < -0.4 is 19.7 Å². The van der Waals surface area contributed by atoms with Crippen molar-refractivity contribution in [2.24, 2.45) is 0 Å². The van der Waals surface area contributed by atoms with Gasteiger partial charge in [-0.1, -0.05) is 24.3 Å². The second kappa shape index (κ2) is 7.81. The minimum absolute atomic E-state index is 0.160. The lowest BCUT2D eigenvalue weighted by molar-refractivity contribution is -0.120. The van der Waals surface area contributed by atoms with Crippen molar-refractivity contribution in [1.82, 2.24) is 0 Å². The molecule has 5 rings (SSSR count). The summed E-state index contributed by atoms with van der Waals surface area (Å²) >= 11 is 0. The van der Waals surface area contributed by atoms with Crippen LogP contribution >= 0.6 is 0 Å². The highest BCUT2D eigenvalue weighted by molar-refractivity contribution is 6.46. The lowest BCUT2D eigenvalue weighted by atomic mass is 9.99. The zero-order chi connectivity index (χ0) is 23.3. The third-order valence-corrected chi connectivity index (χ3v) is 6.27. The molecule has 2 aliphatic rings. The predicted molar refractivity (Wildman–Crippen MR) is 127 cm³/mol. The van der Waals surface area contributed by atoms with E-state index in [1.165, 1.54) is 4.90 Å². The van der Waals surface area contributed by atoms with Crippen molar-refractivity contribution < 1.29 is 19.1 Å². The molecule has 2 aliphatic heterocycles. The number of nitrogens with one attached hydrogen (secondary N) is 1. The van der Waals surface area contributed by atoms with Crippen LogP contribution in [0.4, 0.5) is 11.4 Å². The van der Waals surface area contributed by atoms with Crippen molar-refractivity contribution in [3.63, 3.8) is 0 Å². The monoisotopic (exact) mass is 440 g/mol. The first-order valence-electron chi connectivity index (χ1n) is 10.8. The zero-order valence-corrected chi connectivity index (χ0v) is 19.0. The smallest absolute Gasteiger partial charge is 0.282 e. The summed E-state index contributed by atoms with van der Waals surface area (Å²) in [6.45, 7) is 8.13. The number of rotatable bonds is 4. The van der Waals surface area contributed by atoms with Crippen LogP contribution in [-0.4, -0.2) is 18.6 Å². The first kappa shape index (κ1) is 20.8. The summed E-state index contributed by atoms with van der Waals surface area (Å²) in [4.78, 5) is 28.5. The summed E-state index contributed by atoms with van der Waals surface area (Å²) in [6.07, 6.45) is 0. The molecule has 3 aromatic carbocycles. The number of nitrogens with zero attached hydrogens (tertiary/aromatic N) is 1. The summed E-state index contributed by atoms with van der Waals surface area (Å²) in [5, 5.41) is 3.19. The van der Waals surface area contributed by atoms with Crippen molar-refractivity contribution in [1.29, 1.82) is 0 Å². The largest absolute Gasteiger partial charge is 0.454 e. The molecular formula is C27H24N2O4. The van der Waals surface area contributed by atoms with Crippen LogP contribution in [0.5, 0.6) is 11.5 Å². The van der Waals surface area contributed by atoms with E-state index in [4.69, 9.17) is 9.47 Å². The van der Waals surface area contributed by atoms with Gasteiger partial charge in [-0.25, -0.2) is 4.90 Å². The quantitative estimate of drug-likeness (QED) is 0.576. The average Bonchev–Trinajstić information content (AvgIpc) is 3.34. The van der Waals surface area contributed by atoms with E-state index in [1.54, 1.807) is 24.3 Å². The molecule has 0 saturated heterocycles. The fraction of sp³-hybridized carbons (Fsp3) is 0.185. The molecule has 0 aromatic heterocycles. The molecule has 0 fully saturated rings. The van der Waals surface area contributed by atoms with E-state index in [2.05, 4.69) is 5.32 Å². The van der Waals surface area contributed by atoms with Crippen LogP contribution in [-0.2, 0) is 9.59 Å². The number of anilines is 2. The van der Waals surface area contributed by atoms with Gasteiger partial charge in [0.2, 0.25) is 6.79 Å². The molecule has 2 heterocycles. The van der Waals surface area contributed by atoms with Gasteiger partial charge in [0.05, 0.1) is 11.3 Å². The first-order chi connectivity index (χ1) is 15.8. The van der Waals surface area contributed by atoms with Crippen molar-refractivity contribution in [2.45, 2.75) is 27.7 Å². The number of hydrogen-bond donors (Lipinski definition) is 1. The fourth-order valence-electron chi connectivity index (χ4n) is 4.03. The van der Waals surface area contributed by atoms with E-state index in [9.17, 15) is 9.59 Å². The topological polar surface area (TPSA) is 67.9 Å². The van der Waals surface area contributed by atoms with E-state index < -0.39 is 5.91 Å². The maximum Gasteiger partial charge on any atom is 0.282 e. The maximum absolute atomic E-state index is 13.7. The number of carbonyl (C=O) groups excluding carboxylic acids is 2. The zero-order valence-electron chi connectivity index (χ0n) is 19.0. The maximum atomic E-state index is 13.7. The Morgan fingerprint density at radius 1 is 0.727 bits per heavy atom. The molecule has 1 N–H and O–H groups in total. The molecule has 0 saturated carbocycles. The Bertz CT molecular complexity index is 1360. The van der Waals surface area contributed by atoms with Gasteiger partial charge < -0.3 is 14.8 Å². The molecule has 0 atom stereocenters. The Kier molecular flexibility index (Phi) is 4.93. The summed E-state index contributed by atoms with van der Waals surface area (Å²) < 4.78 is 10.8. The molecule has 33 heavy (non-hydrogen) atoms. The van der Waals surface area contributed by atoms with Gasteiger partial charge in [0, 0.05) is 11.8 Å². The lowest BCUT2D eigenvalue weighted by Crippen LogP contribution is -2.32. The van der Waals surface area contributed by atoms with Crippen LogP contribution in [0.2, 0.25) is 0 Å². The van der Waals surface area contributed by atoms with Gasteiger partial charge in [0.1, 0.15) is 5.70 Å². The SMILES string of the molecule is Cc1ccc(C2=C(Nc3ccc4c(c3)OCO4)C(=O)N(c3ccc(C)c(C)c3)C2=O)cc1C. The molecule has 0 bridgehead atoms. The Hall–Kier alpha value is -4.06. The molecule has 0 radical (unpaired) electrons. The highest BCUT2D eigenvalue weighted by atomic mass is 16.7. The van der Waals surface area contributed by atoms with Crippen molar-refractivity contribution in [2.75, 3.05) is 17.0 Å². The average molecular weight is 440 g/mol. The van der Waals surface area contributed by atoms with Crippen molar-refractivity contribution >= 4 is 28.8 Å². The van der Waals surface area contributed by atoms with Crippen LogP contribution in [0.15, 0.2) is 60.3 Å². The van der Waals surface area contributed by atoms with E-state index in [0.717, 1.165) is 22.3 Å². The number of fused-ring (bicyclic) bond motifs is 1. The standard InChI is InChI=1S/C27H24N2O4/c1-15-5-7-19(11-17(15)3)24-25(28-20-8-10-22-23(13-20)33-14-32-22)27(31)29(26(24)30)21-9-6-16(2)18(4)12-21/h5-13,28H,14H2,1-4H3. The summed E-state index contributed by atoms with van der Waals surface area (Å²) in [5.41, 5.74) is 6.75. The third kappa shape index (κ3) is 3.53. The number of amides is 2. The summed E-state index contributed by atoms with van der Waals surface area (Å²) in [6, 6.07) is 16.7. The van der Waals surface area contributed by atoms with E-state index in [0.29, 0.717) is 34.0 Å². The molecule has 0 aliphatic carbocycles. The molecule has 6 nitrogen and oxygen atoms in total. The number of carbonyl (C=O) groups is 2. The predicted octanol–water partition coefficient (Wildman–Crippen LogP) is 5.05. The number of imide groups is 1. The van der Waals surface area contributed by atoms with Gasteiger partial charge in [-0.3, -0.25) is 9.59 Å². The summed E-state index contributed by atoms with van der Waals surface area (Å²) in [7, 11) is 0. The molecule has 0 unspecified atom stereocenters. The Morgan fingerprint density at radius 2 is 1.42 bits per heavy atom. The highest BCUT2D eigenvalue weighted by Crippen LogP contribution is 2.38. The molecule has 6 heteroatoms. The second-order valence-electron chi connectivity index (χ2n) is 8.46. The normalized spacial score (nSPS) is 15.0. The first-order valence-corrected chi connectivity index (χ1v) is 10.8. The minimum Gasteiger partial charge on any atom is -0.454 e.